The highest BCUT2D eigenvalue weighted by Crippen LogP contribution is 2.20. The minimum absolute atomic E-state index is 0.0389. The van der Waals surface area contributed by atoms with Gasteiger partial charge in [0, 0.05) is 19.3 Å². The van der Waals surface area contributed by atoms with E-state index < -0.39 is 14.8 Å². The Bertz CT molecular complexity index is 559. The summed E-state index contributed by atoms with van der Waals surface area (Å²) in [5.41, 5.74) is -0.111. The van der Waals surface area contributed by atoms with Crippen molar-refractivity contribution in [3.05, 3.63) is 22.2 Å². The van der Waals surface area contributed by atoms with E-state index in [2.05, 4.69) is 15.6 Å². The molecule has 1 aromatic heterocycles. The quantitative estimate of drug-likeness (QED) is 0.565. The summed E-state index contributed by atoms with van der Waals surface area (Å²) < 4.78 is 22.6. The van der Waals surface area contributed by atoms with E-state index >= 15 is 0 Å². The van der Waals surface area contributed by atoms with E-state index in [9.17, 15) is 18.5 Å². The average molecular weight is 288 g/mol. The van der Waals surface area contributed by atoms with Gasteiger partial charge in [0.15, 0.2) is 9.84 Å². The summed E-state index contributed by atoms with van der Waals surface area (Å²) in [5, 5.41) is 16.2. The third-order valence-electron chi connectivity index (χ3n) is 2.44. The van der Waals surface area contributed by atoms with Crippen molar-refractivity contribution >= 4 is 27.2 Å². The van der Waals surface area contributed by atoms with Gasteiger partial charge in [-0.1, -0.05) is 6.92 Å². The molecule has 9 heteroatoms. The lowest BCUT2D eigenvalue weighted by Crippen LogP contribution is -2.17. The lowest BCUT2D eigenvalue weighted by Gasteiger charge is -2.07. The Labute approximate surface area is 111 Å². The van der Waals surface area contributed by atoms with Crippen LogP contribution < -0.4 is 10.6 Å². The standard InChI is InChI=1S/C10H16N4O4S/c1-3-19(17,18)5-4-12-10-7-8(14(15)16)6-9(11-2)13-10/h6-7H,3-5H2,1-2H3,(H2,11,12,13). The molecule has 0 spiro atoms. The first-order valence-corrected chi connectivity index (χ1v) is 7.48. The molecule has 1 rings (SSSR count). The molecule has 1 heterocycles. The van der Waals surface area contributed by atoms with Gasteiger partial charge in [0.25, 0.3) is 5.69 Å². The van der Waals surface area contributed by atoms with Crippen LogP contribution in [0.15, 0.2) is 12.1 Å². The number of nitro groups is 1. The van der Waals surface area contributed by atoms with E-state index in [1.165, 1.54) is 12.1 Å². The zero-order valence-corrected chi connectivity index (χ0v) is 11.5. The highest BCUT2D eigenvalue weighted by Gasteiger charge is 2.11. The molecule has 0 bridgehead atoms. The monoisotopic (exact) mass is 288 g/mol. The molecule has 8 nitrogen and oxygen atoms in total. The summed E-state index contributed by atoms with van der Waals surface area (Å²) >= 11 is 0. The maximum Gasteiger partial charge on any atom is 0.276 e. The second-order valence-corrected chi connectivity index (χ2v) is 6.24. The minimum Gasteiger partial charge on any atom is -0.373 e. The van der Waals surface area contributed by atoms with Crippen molar-refractivity contribution in [1.29, 1.82) is 0 Å². The SMILES string of the molecule is CCS(=O)(=O)CCNc1cc([N+](=O)[O-])cc(NC)n1. The summed E-state index contributed by atoms with van der Waals surface area (Å²) in [5.74, 6) is 0.640. The zero-order chi connectivity index (χ0) is 14.5. The van der Waals surface area contributed by atoms with Crippen LogP contribution in [0.4, 0.5) is 17.3 Å². The van der Waals surface area contributed by atoms with Crippen LogP contribution >= 0.6 is 0 Å². The van der Waals surface area contributed by atoms with Gasteiger partial charge in [-0.05, 0) is 0 Å². The van der Waals surface area contributed by atoms with E-state index in [-0.39, 0.29) is 29.6 Å². The predicted molar refractivity (Wildman–Crippen MR) is 73.3 cm³/mol. The summed E-state index contributed by atoms with van der Waals surface area (Å²) in [7, 11) is -1.48. The van der Waals surface area contributed by atoms with Crippen molar-refractivity contribution in [2.45, 2.75) is 6.92 Å². The minimum atomic E-state index is -3.07. The molecule has 0 radical (unpaired) electrons. The molecule has 0 saturated heterocycles. The summed E-state index contributed by atoms with van der Waals surface area (Å²) in [6.45, 7) is 1.73. The van der Waals surface area contributed by atoms with Crippen molar-refractivity contribution < 1.29 is 13.3 Å². The van der Waals surface area contributed by atoms with Gasteiger partial charge in [-0.15, -0.1) is 0 Å². The van der Waals surface area contributed by atoms with Crippen LogP contribution in [-0.4, -0.2) is 43.4 Å². The fourth-order valence-corrected chi connectivity index (χ4v) is 2.02. The molecule has 0 atom stereocenters. The Morgan fingerprint density at radius 2 is 2.00 bits per heavy atom. The fourth-order valence-electron chi connectivity index (χ4n) is 1.32. The van der Waals surface area contributed by atoms with Gasteiger partial charge in [-0.3, -0.25) is 10.1 Å². The van der Waals surface area contributed by atoms with Crippen molar-refractivity contribution in [2.75, 3.05) is 35.7 Å². The number of hydrogen-bond acceptors (Lipinski definition) is 7. The number of sulfone groups is 1. The molecule has 0 unspecified atom stereocenters. The lowest BCUT2D eigenvalue weighted by atomic mass is 10.3. The zero-order valence-electron chi connectivity index (χ0n) is 10.7. The first-order valence-electron chi connectivity index (χ1n) is 5.66. The van der Waals surface area contributed by atoms with Gasteiger partial charge < -0.3 is 10.6 Å². The highest BCUT2D eigenvalue weighted by atomic mass is 32.2. The molecule has 0 aliphatic carbocycles. The molecule has 0 fully saturated rings. The Kier molecular flexibility index (Phi) is 5.04. The third-order valence-corrected chi connectivity index (χ3v) is 4.14. The molecule has 1 aromatic rings. The maximum absolute atomic E-state index is 11.3. The van der Waals surface area contributed by atoms with Gasteiger partial charge in [-0.2, -0.15) is 0 Å². The van der Waals surface area contributed by atoms with E-state index in [0.717, 1.165) is 0 Å². The fraction of sp³-hybridized carbons (Fsp3) is 0.500. The van der Waals surface area contributed by atoms with Crippen LogP contribution in [-0.2, 0) is 9.84 Å². The number of nitrogens with zero attached hydrogens (tertiary/aromatic N) is 2. The maximum atomic E-state index is 11.3. The number of rotatable bonds is 7. The molecule has 19 heavy (non-hydrogen) atoms. The van der Waals surface area contributed by atoms with Gasteiger partial charge >= 0.3 is 0 Å². The third kappa shape index (κ3) is 4.70. The van der Waals surface area contributed by atoms with Crippen LogP contribution in [0.25, 0.3) is 0 Å². The molecule has 0 aliphatic rings. The van der Waals surface area contributed by atoms with Crippen LogP contribution in [0, 0.1) is 10.1 Å². The number of anilines is 2. The molecule has 0 saturated carbocycles. The topological polar surface area (TPSA) is 114 Å². The van der Waals surface area contributed by atoms with Crippen molar-refractivity contribution in [3.8, 4) is 0 Å². The molecule has 0 aliphatic heterocycles. The molecule has 2 N–H and O–H groups in total. The average Bonchev–Trinajstić information content (AvgIpc) is 2.38. The predicted octanol–water partition coefficient (Wildman–Crippen LogP) is 0.878. The molecular formula is C10H16N4O4S. The smallest absolute Gasteiger partial charge is 0.276 e. The summed E-state index contributed by atoms with van der Waals surface area (Å²) in [4.78, 5) is 14.3. The number of hydrogen-bond donors (Lipinski definition) is 2. The molecule has 0 aromatic carbocycles. The Morgan fingerprint density at radius 3 is 2.53 bits per heavy atom. The van der Waals surface area contributed by atoms with Crippen LogP contribution in [0.3, 0.4) is 0 Å². The second kappa shape index (κ2) is 6.32. The molecule has 106 valence electrons. The van der Waals surface area contributed by atoms with Crippen LogP contribution in [0.2, 0.25) is 0 Å². The first-order chi connectivity index (χ1) is 8.88. The first kappa shape index (κ1) is 15.2. The van der Waals surface area contributed by atoms with E-state index in [0.29, 0.717) is 5.82 Å². The molecular weight excluding hydrogens is 272 g/mol. The molecule has 0 amide bonds. The Balaban J connectivity index is 2.78. The Hall–Kier alpha value is -1.90. The van der Waals surface area contributed by atoms with Gasteiger partial charge in [0.05, 0.1) is 22.8 Å². The largest absolute Gasteiger partial charge is 0.373 e. The van der Waals surface area contributed by atoms with E-state index in [1.807, 2.05) is 0 Å². The van der Waals surface area contributed by atoms with Gasteiger partial charge in [0.1, 0.15) is 11.6 Å². The number of pyridine rings is 1. The summed E-state index contributed by atoms with van der Waals surface area (Å²) in [6, 6.07) is 2.56. The number of nitrogens with one attached hydrogen (secondary N) is 2. The van der Waals surface area contributed by atoms with Crippen molar-refractivity contribution in [2.24, 2.45) is 0 Å². The van der Waals surface area contributed by atoms with Crippen LogP contribution in [0.1, 0.15) is 6.92 Å². The Morgan fingerprint density at radius 1 is 1.37 bits per heavy atom. The summed E-state index contributed by atoms with van der Waals surface area (Å²) in [6.07, 6.45) is 0. The second-order valence-electron chi connectivity index (χ2n) is 3.77. The van der Waals surface area contributed by atoms with Crippen molar-refractivity contribution in [3.63, 3.8) is 0 Å². The van der Waals surface area contributed by atoms with Gasteiger partial charge in [-0.25, -0.2) is 13.4 Å². The van der Waals surface area contributed by atoms with Crippen LogP contribution in [0.5, 0.6) is 0 Å². The van der Waals surface area contributed by atoms with Crippen molar-refractivity contribution in [1.82, 2.24) is 4.98 Å². The number of aromatic nitrogens is 1. The van der Waals surface area contributed by atoms with Gasteiger partial charge in [0.2, 0.25) is 0 Å². The lowest BCUT2D eigenvalue weighted by molar-refractivity contribution is -0.384. The van der Waals surface area contributed by atoms with E-state index in [4.69, 9.17) is 0 Å². The normalized spacial score (nSPS) is 11.1. The van der Waals surface area contributed by atoms with E-state index in [1.54, 1.807) is 14.0 Å². The highest BCUT2D eigenvalue weighted by molar-refractivity contribution is 7.91.